The van der Waals surface area contributed by atoms with Gasteiger partial charge in [0.15, 0.2) is 0 Å². The molecular formula is C12H20N2S. The van der Waals surface area contributed by atoms with E-state index < -0.39 is 0 Å². The second-order valence-corrected chi connectivity index (χ2v) is 5.80. The fraction of sp³-hybridized carbons (Fsp3) is 0.667. The third-order valence-electron chi connectivity index (χ3n) is 3.10. The Morgan fingerprint density at radius 3 is 3.00 bits per heavy atom. The summed E-state index contributed by atoms with van der Waals surface area (Å²) in [6.07, 6.45) is 2.66. The summed E-state index contributed by atoms with van der Waals surface area (Å²) < 4.78 is 0. The standard InChI is InChI=1S/C12H20N2S/c1-10-5-6-12(15-10)9-14(2)11-4-3-7-13-8-11/h5-6,11,13H,3-4,7-9H2,1-2H3. The van der Waals surface area contributed by atoms with Gasteiger partial charge < -0.3 is 5.32 Å². The van der Waals surface area contributed by atoms with Crippen LogP contribution in [0.4, 0.5) is 0 Å². The minimum Gasteiger partial charge on any atom is -0.315 e. The minimum absolute atomic E-state index is 0.723. The molecule has 0 aliphatic carbocycles. The summed E-state index contributed by atoms with van der Waals surface area (Å²) in [5, 5.41) is 3.47. The number of aryl methyl sites for hydroxylation is 1. The van der Waals surface area contributed by atoms with Crippen molar-refractivity contribution in [3.8, 4) is 0 Å². The molecule has 2 heterocycles. The number of rotatable bonds is 3. The first-order valence-electron chi connectivity index (χ1n) is 5.72. The lowest BCUT2D eigenvalue weighted by atomic mass is 10.1. The molecule has 2 rings (SSSR count). The van der Waals surface area contributed by atoms with E-state index in [1.807, 2.05) is 11.3 Å². The lowest BCUT2D eigenvalue weighted by Gasteiger charge is -2.31. The number of piperidine rings is 1. The molecule has 84 valence electrons. The van der Waals surface area contributed by atoms with Gasteiger partial charge in [-0.15, -0.1) is 11.3 Å². The Morgan fingerprint density at radius 2 is 2.40 bits per heavy atom. The molecule has 1 aliphatic heterocycles. The maximum Gasteiger partial charge on any atom is 0.0328 e. The highest BCUT2D eigenvalue weighted by atomic mass is 32.1. The van der Waals surface area contributed by atoms with Crippen LogP contribution in [0.15, 0.2) is 12.1 Å². The van der Waals surface area contributed by atoms with Crippen LogP contribution in [0.3, 0.4) is 0 Å². The second-order valence-electron chi connectivity index (χ2n) is 4.43. The smallest absolute Gasteiger partial charge is 0.0328 e. The summed E-state index contributed by atoms with van der Waals surface area (Å²) in [5.41, 5.74) is 0. The van der Waals surface area contributed by atoms with Crippen molar-refractivity contribution in [1.29, 1.82) is 0 Å². The van der Waals surface area contributed by atoms with E-state index in [-0.39, 0.29) is 0 Å². The van der Waals surface area contributed by atoms with Gasteiger partial charge in [-0.1, -0.05) is 0 Å². The van der Waals surface area contributed by atoms with E-state index in [9.17, 15) is 0 Å². The van der Waals surface area contributed by atoms with E-state index in [4.69, 9.17) is 0 Å². The van der Waals surface area contributed by atoms with Gasteiger partial charge in [-0.3, -0.25) is 4.90 Å². The zero-order valence-electron chi connectivity index (χ0n) is 9.62. The number of nitrogens with zero attached hydrogens (tertiary/aromatic N) is 1. The highest BCUT2D eigenvalue weighted by molar-refractivity contribution is 7.11. The van der Waals surface area contributed by atoms with Crippen molar-refractivity contribution in [2.75, 3.05) is 20.1 Å². The van der Waals surface area contributed by atoms with Gasteiger partial charge in [0.25, 0.3) is 0 Å². The Labute approximate surface area is 96.3 Å². The SMILES string of the molecule is Cc1ccc(CN(C)C2CCCNC2)s1. The Bertz CT molecular complexity index is 302. The molecule has 15 heavy (non-hydrogen) atoms. The number of thiophene rings is 1. The van der Waals surface area contributed by atoms with E-state index in [1.165, 1.54) is 29.1 Å². The molecule has 1 atom stereocenters. The van der Waals surface area contributed by atoms with Crippen LogP contribution < -0.4 is 5.32 Å². The molecule has 0 saturated carbocycles. The van der Waals surface area contributed by atoms with Crippen molar-refractivity contribution in [1.82, 2.24) is 10.2 Å². The normalized spacial score (nSPS) is 22.2. The fourth-order valence-electron chi connectivity index (χ4n) is 2.15. The molecule has 0 spiro atoms. The van der Waals surface area contributed by atoms with Crippen molar-refractivity contribution in [3.05, 3.63) is 21.9 Å². The lowest BCUT2D eigenvalue weighted by Crippen LogP contribution is -2.43. The maximum atomic E-state index is 3.47. The van der Waals surface area contributed by atoms with E-state index in [0.717, 1.165) is 19.1 Å². The van der Waals surface area contributed by atoms with Crippen LogP contribution in [-0.2, 0) is 6.54 Å². The van der Waals surface area contributed by atoms with Gasteiger partial charge in [0.1, 0.15) is 0 Å². The Kier molecular flexibility index (Phi) is 3.78. The summed E-state index contributed by atoms with van der Waals surface area (Å²) in [4.78, 5) is 5.39. The number of likely N-dealkylation sites (N-methyl/N-ethyl adjacent to an activating group) is 1. The second kappa shape index (κ2) is 5.10. The predicted octanol–water partition coefficient (Wildman–Crippen LogP) is 2.24. The summed E-state index contributed by atoms with van der Waals surface area (Å²) in [6.45, 7) is 5.63. The molecule has 0 bridgehead atoms. The largest absolute Gasteiger partial charge is 0.315 e. The quantitative estimate of drug-likeness (QED) is 0.847. The summed E-state index contributed by atoms with van der Waals surface area (Å²) in [5.74, 6) is 0. The van der Waals surface area contributed by atoms with E-state index in [2.05, 4.69) is 36.3 Å². The Morgan fingerprint density at radius 1 is 1.53 bits per heavy atom. The highest BCUT2D eigenvalue weighted by Gasteiger charge is 2.17. The van der Waals surface area contributed by atoms with Crippen LogP contribution in [0.1, 0.15) is 22.6 Å². The van der Waals surface area contributed by atoms with E-state index in [0.29, 0.717) is 0 Å². The maximum absolute atomic E-state index is 3.47. The van der Waals surface area contributed by atoms with Crippen LogP contribution in [-0.4, -0.2) is 31.1 Å². The highest BCUT2D eigenvalue weighted by Crippen LogP contribution is 2.19. The molecule has 1 aliphatic rings. The van der Waals surface area contributed by atoms with Crippen LogP contribution >= 0.6 is 11.3 Å². The Balaban J connectivity index is 1.88. The van der Waals surface area contributed by atoms with Gasteiger partial charge >= 0.3 is 0 Å². The third kappa shape index (κ3) is 3.03. The fourth-order valence-corrected chi connectivity index (χ4v) is 3.11. The molecule has 3 heteroatoms. The Hall–Kier alpha value is -0.380. The van der Waals surface area contributed by atoms with Gasteiger partial charge in [-0.2, -0.15) is 0 Å². The molecule has 0 amide bonds. The van der Waals surface area contributed by atoms with Crippen LogP contribution in [0.25, 0.3) is 0 Å². The third-order valence-corrected chi connectivity index (χ3v) is 4.08. The number of hydrogen-bond acceptors (Lipinski definition) is 3. The van der Waals surface area contributed by atoms with Gasteiger partial charge in [0.05, 0.1) is 0 Å². The number of hydrogen-bond donors (Lipinski definition) is 1. The molecule has 2 nitrogen and oxygen atoms in total. The first-order chi connectivity index (χ1) is 7.25. The van der Waals surface area contributed by atoms with Gasteiger partial charge in [0.2, 0.25) is 0 Å². The molecule has 1 saturated heterocycles. The molecule has 0 radical (unpaired) electrons. The van der Waals surface area contributed by atoms with Crippen LogP contribution in [0.5, 0.6) is 0 Å². The summed E-state index contributed by atoms with van der Waals surface area (Å²) >= 11 is 1.92. The molecule has 1 unspecified atom stereocenters. The van der Waals surface area contributed by atoms with Gasteiger partial charge in [-0.05, 0) is 45.5 Å². The molecular weight excluding hydrogens is 204 g/mol. The summed E-state index contributed by atoms with van der Waals surface area (Å²) in [6, 6.07) is 5.20. The van der Waals surface area contributed by atoms with Gasteiger partial charge in [0, 0.05) is 28.9 Å². The summed E-state index contributed by atoms with van der Waals surface area (Å²) in [7, 11) is 2.24. The van der Waals surface area contributed by atoms with Crippen LogP contribution in [0.2, 0.25) is 0 Å². The zero-order chi connectivity index (χ0) is 10.7. The van der Waals surface area contributed by atoms with Crippen molar-refractivity contribution in [2.45, 2.75) is 32.4 Å². The van der Waals surface area contributed by atoms with E-state index in [1.54, 1.807) is 0 Å². The molecule has 1 fully saturated rings. The average Bonchev–Trinajstić information content (AvgIpc) is 2.65. The first kappa shape index (κ1) is 11.1. The van der Waals surface area contributed by atoms with Crippen molar-refractivity contribution in [3.63, 3.8) is 0 Å². The van der Waals surface area contributed by atoms with E-state index >= 15 is 0 Å². The van der Waals surface area contributed by atoms with Crippen LogP contribution in [0, 0.1) is 6.92 Å². The molecule has 0 aromatic carbocycles. The topological polar surface area (TPSA) is 15.3 Å². The van der Waals surface area contributed by atoms with Crippen molar-refractivity contribution in [2.24, 2.45) is 0 Å². The van der Waals surface area contributed by atoms with Crippen molar-refractivity contribution < 1.29 is 0 Å². The van der Waals surface area contributed by atoms with Crippen molar-refractivity contribution >= 4 is 11.3 Å². The lowest BCUT2D eigenvalue weighted by molar-refractivity contribution is 0.197. The monoisotopic (exact) mass is 224 g/mol. The predicted molar refractivity (Wildman–Crippen MR) is 66.4 cm³/mol. The zero-order valence-corrected chi connectivity index (χ0v) is 10.4. The minimum atomic E-state index is 0.723. The molecule has 1 aromatic rings. The molecule has 1 N–H and O–H groups in total. The average molecular weight is 224 g/mol. The molecule has 1 aromatic heterocycles. The van der Waals surface area contributed by atoms with Gasteiger partial charge in [-0.25, -0.2) is 0 Å². The number of nitrogens with one attached hydrogen (secondary N) is 1. The first-order valence-corrected chi connectivity index (χ1v) is 6.53.